The van der Waals surface area contributed by atoms with Crippen molar-refractivity contribution < 1.29 is 22.4 Å². The highest BCUT2D eigenvalue weighted by molar-refractivity contribution is 5.94. The molecule has 0 N–H and O–H groups in total. The van der Waals surface area contributed by atoms with Gasteiger partial charge in [0.25, 0.3) is 5.91 Å². The van der Waals surface area contributed by atoms with E-state index >= 15 is 0 Å². The minimum Gasteiger partial charge on any atom is -0.337 e. The van der Waals surface area contributed by atoms with Crippen LogP contribution in [0.1, 0.15) is 35.2 Å². The Bertz CT molecular complexity index is 602. The van der Waals surface area contributed by atoms with Crippen LogP contribution in [0.25, 0.3) is 0 Å². The van der Waals surface area contributed by atoms with Crippen molar-refractivity contribution in [2.75, 3.05) is 26.2 Å². The zero-order valence-electron chi connectivity index (χ0n) is 12.6. The molecule has 2 heterocycles. The first-order valence-corrected chi connectivity index (χ1v) is 7.77. The third-order valence-corrected chi connectivity index (χ3v) is 4.63. The third kappa shape index (κ3) is 3.20. The molecule has 7 heteroatoms. The van der Waals surface area contributed by atoms with Crippen LogP contribution >= 0.6 is 0 Å². The zero-order chi connectivity index (χ0) is 16.6. The summed E-state index contributed by atoms with van der Waals surface area (Å²) in [5, 5.41) is 0. The highest BCUT2D eigenvalue weighted by atomic mass is 19.4. The summed E-state index contributed by atoms with van der Waals surface area (Å²) in [5.41, 5.74) is -1.88. The maximum absolute atomic E-state index is 14.2. The van der Waals surface area contributed by atoms with Gasteiger partial charge in [0.05, 0.1) is 11.1 Å². The van der Waals surface area contributed by atoms with Gasteiger partial charge in [-0.2, -0.15) is 13.2 Å². The minimum absolute atomic E-state index is 0.232. The highest BCUT2D eigenvalue weighted by Crippen LogP contribution is 2.33. The fourth-order valence-electron chi connectivity index (χ4n) is 3.48. The molecule has 126 valence electrons. The molecular weight excluding hydrogens is 312 g/mol. The van der Waals surface area contributed by atoms with Gasteiger partial charge in [-0.3, -0.25) is 9.69 Å². The maximum Gasteiger partial charge on any atom is 0.419 e. The average molecular weight is 330 g/mol. The molecule has 2 fully saturated rings. The van der Waals surface area contributed by atoms with Gasteiger partial charge >= 0.3 is 6.18 Å². The number of carbonyl (C=O) groups excluding carboxylic acids is 1. The standard InChI is InChI=1S/C16H18F4N2O/c17-14-12(5-1-6-13(14)16(18,19)20)15(23)22-9-3-8-21-7-2-4-11(21)10-22/h1,5-6,11H,2-4,7-10H2. The number of carbonyl (C=O) groups is 1. The Kier molecular flexibility index (Phi) is 4.31. The normalized spacial score (nSPS) is 22.8. The molecule has 0 spiro atoms. The van der Waals surface area contributed by atoms with Crippen LogP contribution in [0.5, 0.6) is 0 Å². The Labute approximate surface area is 131 Å². The van der Waals surface area contributed by atoms with E-state index < -0.39 is 29.0 Å². The van der Waals surface area contributed by atoms with Gasteiger partial charge in [-0.25, -0.2) is 4.39 Å². The van der Waals surface area contributed by atoms with Gasteiger partial charge in [0.15, 0.2) is 0 Å². The number of alkyl halides is 3. The second-order valence-electron chi connectivity index (χ2n) is 6.10. The number of halogens is 4. The van der Waals surface area contributed by atoms with E-state index in [0.29, 0.717) is 19.2 Å². The van der Waals surface area contributed by atoms with Crippen molar-refractivity contribution in [3.8, 4) is 0 Å². The Balaban J connectivity index is 1.85. The number of hydrogen-bond donors (Lipinski definition) is 0. The van der Waals surface area contributed by atoms with E-state index in [-0.39, 0.29) is 6.04 Å². The monoisotopic (exact) mass is 330 g/mol. The molecule has 0 radical (unpaired) electrons. The second-order valence-corrected chi connectivity index (χ2v) is 6.10. The number of nitrogens with zero attached hydrogens (tertiary/aromatic N) is 2. The van der Waals surface area contributed by atoms with Crippen molar-refractivity contribution in [3.05, 3.63) is 35.1 Å². The van der Waals surface area contributed by atoms with Crippen LogP contribution < -0.4 is 0 Å². The number of benzene rings is 1. The Morgan fingerprint density at radius 1 is 1.13 bits per heavy atom. The molecule has 3 rings (SSSR count). The summed E-state index contributed by atoms with van der Waals surface area (Å²) in [4.78, 5) is 16.3. The molecule has 0 saturated carbocycles. The van der Waals surface area contributed by atoms with Crippen LogP contribution in [0, 0.1) is 5.82 Å². The number of fused-ring (bicyclic) bond motifs is 1. The Morgan fingerprint density at radius 3 is 2.61 bits per heavy atom. The van der Waals surface area contributed by atoms with Gasteiger partial charge < -0.3 is 4.90 Å². The lowest BCUT2D eigenvalue weighted by molar-refractivity contribution is -0.140. The molecule has 1 unspecified atom stereocenters. The molecule has 3 nitrogen and oxygen atoms in total. The summed E-state index contributed by atoms with van der Waals surface area (Å²) in [5.74, 6) is -2.13. The largest absolute Gasteiger partial charge is 0.419 e. The van der Waals surface area contributed by atoms with Gasteiger partial charge in [-0.15, -0.1) is 0 Å². The van der Waals surface area contributed by atoms with Gasteiger partial charge in [-0.05, 0) is 37.9 Å². The van der Waals surface area contributed by atoms with Crippen molar-refractivity contribution in [3.63, 3.8) is 0 Å². The van der Waals surface area contributed by atoms with Crippen LogP contribution in [0.2, 0.25) is 0 Å². The molecule has 0 aliphatic carbocycles. The number of hydrogen-bond acceptors (Lipinski definition) is 2. The summed E-state index contributed by atoms with van der Waals surface area (Å²) >= 11 is 0. The van der Waals surface area contributed by atoms with Gasteiger partial charge in [0.1, 0.15) is 5.82 Å². The molecule has 2 aliphatic rings. The molecule has 1 amide bonds. The fourth-order valence-corrected chi connectivity index (χ4v) is 3.48. The van der Waals surface area contributed by atoms with Crippen LogP contribution in [0.15, 0.2) is 18.2 Å². The second kappa shape index (κ2) is 6.11. The van der Waals surface area contributed by atoms with E-state index in [0.717, 1.165) is 44.5 Å². The van der Waals surface area contributed by atoms with Gasteiger partial charge in [0.2, 0.25) is 0 Å². The third-order valence-electron chi connectivity index (χ3n) is 4.63. The predicted octanol–water partition coefficient (Wildman–Crippen LogP) is 3.15. The van der Waals surface area contributed by atoms with Crippen molar-refractivity contribution in [2.45, 2.75) is 31.5 Å². The summed E-state index contributed by atoms with van der Waals surface area (Å²) in [6, 6.07) is 3.10. The Hall–Kier alpha value is -1.63. The van der Waals surface area contributed by atoms with E-state index in [1.165, 1.54) is 4.90 Å². The topological polar surface area (TPSA) is 23.6 Å². The van der Waals surface area contributed by atoms with E-state index in [1.54, 1.807) is 0 Å². The lowest BCUT2D eigenvalue weighted by Gasteiger charge is -2.26. The average Bonchev–Trinajstić information content (AvgIpc) is 2.82. The summed E-state index contributed by atoms with van der Waals surface area (Å²) in [6.07, 6.45) is -2.02. The van der Waals surface area contributed by atoms with E-state index in [9.17, 15) is 22.4 Å². The van der Waals surface area contributed by atoms with Crippen molar-refractivity contribution in [2.24, 2.45) is 0 Å². The molecule has 1 aromatic rings. The van der Waals surface area contributed by atoms with Crippen molar-refractivity contribution in [1.82, 2.24) is 9.80 Å². The number of rotatable bonds is 1. The van der Waals surface area contributed by atoms with Gasteiger partial charge in [0, 0.05) is 25.7 Å². The van der Waals surface area contributed by atoms with E-state index in [2.05, 4.69) is 4.90 Å². The minimum atomic E-state index is -4.80. The first-order valence-electron chi connectivity index (χ1n) is 7.77. The van der Waals surface area contributed by atoms with Crippen molar-refractivity contribution in [1.29, 1.82) is 0 Å². The highest BCUT2D eigenvalue weighted by Gasteiger charge is 2.37. The van der Waals surface area contributed by atoms with Crippen molar-refractivity contribution >= 4 is 5.91 Å². The lowest BCUT2D eigenvalue weighted by Crippen LogP contribution is -2.40. The summed E-state index contributed by atoms with van der Waals surface area (Å²) < 4.78 is 52.6. The van der Waals surface area contributed by atoms with Crippen LogP contribution in [0.4, 0.5) is 17.6 Å². The van der Waals surface area contributed by atoms with Gasteiger partial charge in [-0.1, -0.05) is 6.07 Å². The quantitative estimate of drug-likeness (QED) is 0.739. The first kappa shape index (κ1) is 16.2. The molecule has 1 aromatic carbocycles. The summed E-state index contributed by atoms with van der Waals surface area (Å²) in [7, 11) is 0. The maximum atomic E-state index is 14.2. The van der Waals surface area contributed by atoms with Crippen LogP contribution in [-0.4, -0.2) is 47.9 Å². The lowest BCUT2D eigenvalue weighted by atomic mass is 10.1. The summed E-state index contributed by atoms with van der Waals surface area (Å²) in [6.45, 7) is 2.76. The van der Waals surface area contributed by atoms with E-state index in [4.69, 9.17) is 0 Å². The molecule has 23 heavy (non-hydrogen) atoms. The predicted molar refractivity (Wildman–Crippen MR) is 76.5 cm³/mol. The van der Waals surface area contributed by atoms with Crippen LogP contribution in [-0.2, 0) is 6.18 Å². The molecule has 0 bridgehead atoms. The number of amides is 1. The zero-order valence-corrected chi connectivity index (χ0v) is 12.6. The van der Waals surface area contributed by atoms with Crippen LogP contribution in [0.3, 0.4) is 0 Å². The molecule has 0 aromatic heterocycles. The fraction of sp³-hybridized carbons (Fsp3) is 0.562. The van der Waals surface area contributed by atoms with E-state index in [1.807, 2.05) is 0 Å². The smallest absolute Gasteiger partial charge is 0.337 e. The molecule has 2 saturated heterocycles. The SMILES string of the molecule is O=C(c1cccc(C(F)(F)F)c1F)N1CCCN2CCCC2C1. The first-order chi connectivity index (χ1) is 10.9. The Morgan fingerprint density at radius 2 is 1.87 bits per heavy atom. The molecule has 1 atom stereocenters. The molecular formula is C16H18F4N2O. The molecule has 2 aliphatic heterocycles.